The number of piperidine rings is 1. The lowest BCUT2D eigenvalue weighted by molar-refractivity contribution is -0.132. The zero-order chi connectivity index (χ0) is 23.8. The summed E-state index contributed by atoms with van der Waals surface area (Å²) in [5, 5.41) is 6.38. The van der Waals surface area contributed by atoms with Gasteiger partial charge in [0.05, 0.1) is 0 Å². The quantitative estimate of drug-likeness (QED) is 0.615. The molecule has 1 aliphatic carbocycles. The van der Waals surface area contributed by atoms with Gasteiger partial charge in [-0.15, -0.1) is 0 Å². The molecule has 182 valence electrons. The normalized spacial score (nSPS) is 22.6. The molecular formula is C29H39N3O2. The number of carbonyl (C=O) groups is 2. The lowest BCUT2D eigenvalue weighted by Gasteiger charge is -2.33. The molecule has 1 saturated carbocycles. The van der Waals surface area contributed by atoms with Crippen LogP contribution in [0.15, 0.2) is 60.7 Å². The number of rotatable bonds is 8. The fraction of sp³-hybridized carbons (Fsp3) is 0.517. The van der Waals surface area contributed by atoms with Gasteiger partial charge in [0, 0.05) is 38.0 Å². The molecule has 5 nitrogen and oxygen atoms in total. The Kier molecular flexibility index (Phi) is 8.75. The summed E-state index contributed by atoms with van der Waals surface area (Å²) in [5.41, 5.74) is 2.39. The fourth-order valence-corrected chi connectivity index (χ4v) is 5.25. The van der Waals surface area contributed by atoms with Gasteiger partial charge in [0.2, 0.25) is 11.8 Å². The molecule has 0 spiro atoms. The number of nitrogens with one attached hydrogen (secondary N) is 2. The van der Waals surface area contributed by atoms with E-state index in [1.807, 2.05) is 36.4 Å². The third-order valence-corrected chi connectivity index (χ3v) is 7.49. The van der Waals surface area contributed by atoms with Crippen LogP contribution < -0.4 is 10.6 Å². The summed E-state index contributed by atoms with van der Waals surface area (Å²) in [6.07, 6.45) is 6.42. The first-order valence-electron chi connectivity index (χ1n) is 13.0. The summed E-state index contributed by atoms with van der Waals surface area (Å²) < 4.78 is 0. The van der Waals surface area contributed by atoms with E-state index in [-0.39, 0.29) is 23.8 Å². The molecule has 1 aliphatic heterocycles. The topological polar surface area (TPSA) is 61.4 Å². The van der Waals surface area contributed by atoms with Crippen LogP contribution in [-0.4, -0.2) is 41.9 Å². The van der Waals surface area contributed by atoms with E-state index in [4.69, 9.17) is 0 Å². The van der Waals surface area contributed by atoms with Crippen LogP contribution in [0.5, 0.6) is 0 Å². The second-order valence-electron chi connectivity index (χ2n) is 10.3. The highest BCUT2D eigenvalue weighted by Gasteiger charge is 2.30. The van der Waals surface area contributed by atoms with Crippen LogP contribution >= 0.6 is 0 Å². The molecule has 2 amide bonds. The summed E-state index contributed by atoms with van der Waals surface area (Å²) in [6.45, 7) is 5.14. The number of likely N-dealkylation sites (tertiary alicyclic amines) is 1. The number of hydrogen-bond acceptors (Lipinski definition) is 3. The van der Waals surface area contributed by atoms with Crippen molar-refractivity contribution in [3.05, 3.63) is 71.8 Å². The lowest BCUT2D eigenvalue weighted by atomic mass is 9.82. The van der Waals surface area contributed by atoms with E-state index in [0.717, 1.165) is 63.7 Å². The molecule has 0 unspecified atom stereocenters. The van der Waals surface area contributed by atoms with Gasteiger partial charge in [-0.05, 0) is 55.6 Å². The Labute approximate surface area is 204 Å². The first-order chi connectivity index (χ1) is 16.6. The van der Waals surface area contributed by atoms with Gasteiger partial charge in [-0.25, -0.2) is 0 Å². The van der Waals surface area contributed by atoms with Crippen LogP contribution in [0.3, 0.4) is 0 Å². The van der Waals surface area contributed by atoms with Crippen LogP contribution in [0.25, 0.3) is 0 Å². The first kappa shape index (κ1) is 24.5. The second-order valence-corrected chi connectivity index (χ2v) is 10.3. The molecule has 34 heavy (non-hydrogen) atoms. The minimum absolute atomic E-state index is 0.0310. The Morgan fingerprint density at radius 3 is 2.06 bits per heavy atom. The minimum atomic E-state index is -0.531. The van der Waals surface area contributed by atoms with E-state index < -0.39 is 6.04 Å². The van der Waals surface area contributed by atoms with Gasteiger partial charge < -0.3 is 10.6 Å². The molecule has 2 aromatic rings. The van der Waals surface area contributed by atoms with E-state index in [0.29, 0.717) is 12.3 Å². The van der Waals surface area contributed by atoms with Crippen LogP contribution in [0.2, 0.25) is 0 Å². The number of benzene rings is 2. The van der Waals surface area contributed by atoms with Crippen molar-refractivity contribution < 1.29 is 9.59 Å². The molecule has 4 rings (SSSR count). The molecule has 2 aromatic carbocycles. The van der Waals surface area contributed by atoms with Crippen LogP contribution in [0.4, 0.5) is 0 Å². The highest BCUT2D eigenvalue weighted by molar-refractivity contribution is 5.89. The van der Waals surface area contributed by atoms with Gasteiger partial charge in [0.1, 0.15) is 6.04 Å². The van der Waals surface area contributed by atoms with Crippen molar-refractivity contribution in [1.29, 1.82) is 0 Å². The van der Waals surface area contributed by atoms with Crippen molar-refractivity contribution in [1.82, 2.24) is 15.5 Å². The van der Waals surface area contributed by atoms with Crippen LogP contribution in [0.1, 0.15) is 56.6 Å². The molecule has 1 saturated heterocycles. The monoisotopic (exact) mass is 461 g/mol. The number of amides is 2. The van der Waals surface area contributed by atoms with Crippen molar-refractivity contribution in [2.24, 2.45) is 11.8 Å². The van der Waals surface area contributed by atoms with Crippen LogP contribution in [0, 0.1) is 11.8 Å². The molecule has 2 aliphatic rings. The Hall–Kier alpha value is -2.66. The summed E-state index contributed by atoms with van der Waals surface area (Å²) >= 11 is 0. The van der Waals surface area contributed by atoms with E-state index >= 15 is 0 Å². The zero-order valence-electron chi connectivity index (χ0n) is 20.4. The summed E-state index contributed by atoms with van der Waals surface area (Å²) in [5.74, 6) is 0.715. The molecular weight excluding hydrogens is 422 g/mol. The Morgan fingerprint density at radius 1 is 0.853 bits per heavy atom. The van der Waals surface area contributed by atoms with Gasteiger partial charge in [-0.1, -0.05) is 67.6 Å². The second kappa shape index (κ2) is 12.2. The number of nitrogens with zero attached hydrogens (tertiary/aromatic N) is 1. The summed E-state index contributed by atoms with van der Waals surface area (Å²) in [4.78, 5) is 28.8. The van der Waals surface area contributed by atoms with Gasteiger partial charge in [0.25, 0.3) is 0 Å². The Bertz CT molecular complexity index is 901. The van der Waals surface area contributed by atoms with Gasteiger partial charge >= 0.3 is 0 Å². The van der Waals surface area contributed by atoms with E-state index in [1.54, 1.807) is 0 Å². The Balaban J connectivity index is 1.32. The van der Waals surface area contributed by atoms with Crippen molar-refractivity contribution >= 4 is 11.8 Å². The SMILES string of the molecule is CC1CCC(C(=O)N[C@H](Cc2ccccc2)C(=O)NC2CCN(Cc3ccccc3)CC2)CC1. The Morgan fingerprint density at radius 2 is 1.44 bits per heavy atom. The zero-order valence-corrected chi connectivity index (χ0v) is 20.4. The van der Waals surface area contributed by atoms with E-state index in [9.17, 15) is 9.59 Å². The third-order valence-electron chi connectivity index (χ3n) is 7.49. The molecule has 1 heterocycles. The maximum absolute atomic E-state index is 13.3. The molecule has 0 bridgehead atoms. The summed E-state index contributed by atoms with van der Waals surface area (Å²) in [7, 11) is 0. The van der Waals surface area contributed by atoms with Gasteiger partial charge in [-0.3, -0.25) is 14.5 Å². The summed E-state index contributed by atoms with van der Waals surface area (Å²) in [6, 6.07) is 20.2. The first-order valence-corrected chi connectivity index (χ1v) is 13.0. The van der Waals surface area contributed by atoms with Gasteiger partial charge in [0.15, 0.2) is 0 Å². The van der Waals surface area contributed by atoms with Crippen molar-refractivity contribution in [2.45, 2.75) is 70.5 Å². The highest BCUT2D eigenvalue weighted by atomic mass is 16.2. The average Bonchev–Trinajstić information content (AvgIpc) is 2.86. The van der Waals surface area contributed by atoms with E-state index in [1.165, 1.54) is 5.56 Å². The van der Waals surface area contributed by atoms with Gasteiger partial charge in [-0.2, -0.15) is 0 Å². The average molecular weight is 462 g/mol. The van der Waals surface area contributed by atoms with Crippen LogP contribution in [-0.2, 0) is 22.6 Å². The molecule has 0 radical (unpaired) electrons. The fourth-order valence-electron chi connectivity index (χ4n) is 5.25. The standard InChI is InChI=1S/C29H39N3O2/c1-22-12-14-25(15-13-22)28(33)31-27(20-23-8-4-2-5-9-23)29(34)30-26-16-18-32(19-17-26)21-24-10-6-3-7-11-24/h2-11,22,25-27H,12-21H2,1H3,(H,30,34)(H,31,33)/t22?,25?,27-/m1/s1. The third kappa shape index (κ3) is 7.17. The molecule has 0 aromatic heterocycles. The number of carbonyl (C=O) groups excluding carboxylic acids is 2. The molecule has 1 atom stereocenters. The van der Waals surface area contributed by atoms with Crippen molar-refractivity contribution in [2.75, 3.05) is 13.1 Å². The predicted octanol–water partition coefficient (Wildman–Crippen LogP) is 4.32. The van der Waals surface area contributed by atoms with Crippen molar-refractivity contribution in [3.8, 4) is 0 Å². The molecule has 5 heteroatoms. The smallest absolute Gasteiger partial charge is 0.243 e. The molecule has 2 fully saturated rings. The number of hydrogen-bond donors (Lipinski definition) is 2. The maximum Gasteiger partial charge on any atom is 0.243 e. The largest absolute Gasteiger partial charge is 0.351 e. The van der Waals surface area contributed by atoms with Crippen molar-refractivity contribution in [3.63, 3.8) is 0 Å². The highest BCUT2D eigenvalue weighted by Crippen LogP contribution is 2.28. The van der Waals surface area contributed by atoms with E-state index in [2.05, 4.69) is 46.7 Å². The maximum atomic E-state index is 13.3. The predicted molar refractivity (Wildman–Crippen MR) is 136 cm³/mol. The minimum Gasteiger partial charge on any atom is -0.351 e. The lowest BCUT2D eigenvalue weighted by Crippen LogP contribution is -2.53. The molecule has 2 N–H and O–H groups in total.